The summed E-state index contributed by atoms with van der Waals surface area (Å²) < 4.78 is 0. The maximum Gasteiger partial charge on any atom is 0.226 e. The molecule has 1 aliphatic heterocycles. The number of thiophene rings is 1. The number of aliphatic hydroxyl groups is 1. The van der Waals surface area contributed by atoms with Gasteiger partial charge in [0.15, 0.2) is 0 Å². The number of rotatable bonds is 4. The summed E-state index contributed by atoms with van der Waals surface area (Å²) in [5.74, 6) is 1.63. The Labute approximate surface area is 129 Å². The van der Waals surface area contributed by atoms with Crippen LogP contribution < -0.4 is 10.2 Å². The second-order valence-corrected chi connectivity index (χ2v) is 7.28. The molecule has 1 fully saturated rings. The minimum atomic E-state index is -0.626. The molecule has 1 aliphatic rings. The Morgan fingerprint density at radius 2 is 2.29 bits per heavy atom. The van der Waals surface area contributed by atoms with Gasteiger partial charge in [-0.25, -0.2) is 4.98 Å². The van der Waals surface area contributed by atoms with Gasteiger partial charge < -0.3 is 15.3 Å². The van der Waals surface area contributed by atoms with Gasteiger partial charge in [-0.05, 0) is 32.8 Å². The van der Waals surface area contributed by atoms with Crippen LogP contribution in [0.2, 0.25) is 0 Å². The highest BCUT2D eigenvalue weighted by Crippen LogP contribution is 2.34. The monoisotopic (exact) mass is 306 g/mol. The zero-order valence-corrected chi connectivity index (χ0v) is 13.6. The van der Waals surface area contributed by atoms with E-state index in [0.29, 0.717) is 12.5 Å². The molecule has 0 aliphatic carbocycles. The molecule has 0 amide bonds. The lowest BCUT2D eigenvalue weighted by Gasteiger charge is -2.21. The van der Waals surface area contributed by atoms with Crippen molar-refractivity contribution in [1.82, 2.24) is 9.97 Å². The van der Waals surface area contributed by atoms with Gasteiger partial charge in [0, 0.05) is 24.5 Å². The zero-order chi connectivity index (χ0) is 15.0. The van der Waals surface area contributed by atoms with Crippen LogP contribution in [0.5, 0.6) is 0 Å². The van der Waals surface area contributed by atoms with Gasteiger partial charge in [-0.3, -0.25) is 0 Å². The molecule has 21 heavy (non-hydrogen) atoms. The van der Waals surface area contributed by atoms with Crippen LogP contribution in [0.1, 0.15) is 31.6 Å². The number of β-amino-alcohol motifs (C(OH)–C–C–N with tert-alkyl or cyclic N) is 1. The highest BCUT2D eigenvalue weighted by atomic mass is 32.1. The molecule has 6 heteroatoms. The van der Waals surface area contributed by atoms with E-state index in [1.165, 1.54) is 4.88 Å². The summed E-state index contributed by atoms with van der Waals surface area (Å²) in [4.78, 5) is 13.7. The number of fused-ring (bicyclic) bond motifs is 1. The minimum Gasteiger partial charge on any atom is -0.388 e. The second-order valence-electron chi connectivity index (χ2n) is 6.04. The quantitative estimate of drug-likeness (QED) is 0.909. The van der Waals surface area contributed by atoms with Crippen LogP contribution in [0.4, 0.5) is 11.8 Å². The second kappa shape index (κ2) is 5.42. The number of aromatic nitrogens is 2. The van der Waals surface area contributed by atoms with Crippen molar-refractivity contribution in [2.75, 3.05) is 29.9 Å². The molecule has 1 unspecified atom stereocenters. The van der Waals surface area contributed by atoms with E-state index in [1.54, 1.807) is 11.3 Å². The standard InChI is InChI=1S/C15H22N4OS/c1-4-6-16-14-17-12(19-7-5-15(3,20)9-19)11-8-10(2)21-13(11)18-14/h8,20H,4-7,9H2,1-3H3,(H,16,17,18). The molecule has 2 N–H and O–H groups in total. The topological polar surface area (TPSA) is 61.3 Å². The van der Waals surface area contributed by atoms with Crippen molar-refractivity contribution in [1.29, 1.82) is 0 Å². The third kappa shape index (κ3) is 2.96. The smallest absolute Gasteiger partial charge is 0.226 e. The van der Waals surface area contributed by atoms with Crippen LogP contribution in [0.15, 0.2) is 6.07 Å². The Kier molecular flexibility index (Phi) is 3.75. The Hall–Kier alpha value is -1.40. The van der Waals surface area contributed by atoms with E-state index in [4.69, 9.17) is 4.98 Å². The lowest BCUT2D eigenvalue weighted by molar-refractivity contribution is 0.0839. The van der Waals surface area contributed by atoms with Crippen molar-refractivity contribution >= 4 is 33.3 Å². The third-order valence-electron chi connectivity index (χ3n) is 3.78. The average molecular weight is 306 g/mol. The van der Waals surface area contributed by atoms with Crippen LogP contribution in [-0.2, 0) is 0 Å². The molecular formula is C15H22N4OS. The maximum absolute atomic E-state index is 10.2. The fourth-order valence-electron chi connectivity index (χ4n) is 2.71. The molecular weight excluding hydrogens is 284 g/mol. The third-order valence-corrected chi connectivity index (χ3v) is 4.72. The SMILES string of the molecule is CCCNc1nc(N2CCC(C)(O)C2)c2cc(C)sc2n1. The average Bonchev–Trinajstić information content (AvgIpc) is 2.96. The molecule has 5 nitrogen and oxygen atoms in total. The molecule has 1 saturated heterocycles. The van der Waals surface area contributed by atoms with Crippen molar-refractivity contribution < 1.29 is 5.11 Å². The van der Waals surface area contributed by atoms with Gasteiger partial charge >= 0.3 is 0 Å². The largest absolute Gasteiger partial charge is 0.388 e. The number of hydrogen-bond donors (Lipinski definition) is 2. The highest BCUT2D eigenvalue weighted by molar-refractivity contribution is 7.18. The molecule has 1 atom stereocenters. The Morgan fingerprint density at radius 1 is 1.48 bits per heavy atom. The normalized spacial score (nSPS) is 22.2. The maximum atomic E-state index is 10.2. The van der Waals surface area contributed by atoms with Crippen molar-refractivity contribution in [2.24, 2.45) is 0 Å². The summed E-state index contributed by atoms with van der Waals surface area (Å²) in [7, 11) is 0. The van der Waals surface area contributed by atoms with Crippen LogP contribution >= 0.6 is 11.3 Å². The van der Waals surface area contributed by atoms with E-state index >= 15 is 0 Å². The van der Waals surface area contributed by atoms with Gasteiger partial charge in [0.05, 0.1) is 11.0 Å². The highest BCUT2D eigenvalue weighted by Gasteiger charge is 2.33. The minimum absolute atomic E-state index is 0.626. The predicted molar refractivity (Wildman–Crippen MR) is 88.4 cm³/mol. The van der Waals surface area contributed by atoms with Crippen LogP contribution in [0, 0.1) is 6.92 Å². The molecule has 3 rings (SSSR count). The summed E-state index contributed by atoms with van der Waals surface area (Å²) >= 11 is 1.69. The number of nitrogens with zero attached hydrogens (tertiary/aromatic N) is 3. The summed E-state index contributed by atoms with van der Waals surface area (Å²) in [6.07, 6.45) is 1.82. The van der Waals surface area contributed by atoms with Crippen molar-refractivity contribution in [2.45, 2.75) is 39.2 Å². The summed E-state index contributed by atoms with van der Waals surface area (Å²) in [6, 6.07) is 2.14. The Bertz CT molecular complexity index is 652. The van der Waals surface area contributed by atoms with Gasteiger partial charge in [0.1, 0.15) is 10.6 Å². The molecule has 0 spiro atoms. The summed E-state index contributed by atoms with van der Waals surface area (Å²) in [5.41, 5.74) is -0.626. The first-order valence-corrected chi connectivity index (χ1v) is 8.29. The number of anilines is 2. The lowest BCUT2D eigenvalue weighted by atomic mass is 10.1. The van der Waals surface area contributed by atoms with E-state index in [0.717, 1.165) is 42.0 Å². The van der Waals surface area contributed by atoms with Crippen molar-refractivity contribution in [3.05, 3.63) is 10.9 Å². The molecule has 2 aromatic heterocycles. The molecule has 0 aromatic carbocycles. The first-order chi connectivity index (χ1) is 9.98. The molecule has 114 valence electrons. The molecule has 0 saturated carbocycles. The lowest BCUT2D eigenvalue weighted by Crippen LogP contribution is -2.30. The van der Waals surface area contributed by atoms with E-state index in [9.17, 15) is 5.11 Å². The first kappa shape index (κ1) is 14.5. The van der Waals surface area contributed by atoms with Gasteiger partial charge in [0.25, 0.3) is 0 Å². The number of aryl methyl sites for hydroxylation is 1. The van der Waals surface area contributed by atoms with E-state index in [-0.39, 0.29) is 0 Å². The molecule has 0 bridgehead atoms. The van der Waals surface area contributed by atoms with E-state index in [2.05, 4.69) is 35.1 Å². The van der Waals surface area contributed by atoms with Gasteiger partial charge in [-0.15, -0.1) is 11.3 Å². The molecule has 2 aromatic rings. The van der Waals surface area contributed by atoms with Crippen LogP contribution in [0.3, 0.4) is 0 Å². The summed E-state index contributed by atoms with van der Waals surface area (Å²) in [5, 5.41) is 14.6. The zero-order valence-electron chi connectivity index (χ0n) is 12.8. The fourth-order valence-corrected chi connectivity index (χ4v) is 3.58. The van der Waals surface area contributed by atoms with Crippen molar-refractivity contribution in [3.63, 3.8) is 0 Å². The van der Waals surface area contributed by atoms with E-state index < -0.39 is 5.60 Å². The molecule has 3 heterocycles. The Morgan fingerprint density at radius 3 is 2.95 bits per heavy atom. The summed E-state index contributed by atoms with van der Waals surface area (Å²) in [6.45, 7) is 8.44. The van der Waals surface area contributed by atoms with Crippen molar-refractivity contribution in [3.8, 4) is 0 Å². The molecule has 0 radical (unpaired) electrons. The van der Waals surface area contributed by atoms with Gasteiger partial charge in [-0.1, -0.05) is 6.92 Å². The Balaban J connectivity index is 2.02. The van der Waals surface area contributed by atoms with E-state index in [1.807, 2.05) is 6.92 Å². The van der Waals surface area contributed by atoms with Gasteiger partial charge in [-0.2, -0.15) is 4.98 Å². The predicted octanol–water partition coefficient (Wildman–Crippen LogP) is 2.78. The fraction of sp³-hybridized carbons (Fsp3) is 0.600. The first-order valence-electron chi connectivity index (χ1n) is 7.48. The number of hydrogen-bond acceptors (Lipinski definition) is 6. The number of nitrogens with one attached hydrogen (secondary N) is 1. The van der Waals surface area contributed by atoms with Crippen LogP contribution in [0.25, 0.3) is 10.2 Å². The van der Waals surface area contributed by atoms with Crippen LogP contribution in [-0.4, -0.2) is 40.3 Å². The van der Waals surface area contributed by atoms with Gasteiger partial charge in [0.2, 0.25) is 5.95 Å².